The molecule has 0 radical (unpaired) electrons. The first-order valence-electron chi connectivity index (χ1n) is 5.77. The fourth-order valence-electron chi connectivity index (χ4n) is 2.31. The summed E-state index contributed by atoms with van der Waals surface area (Å²) < 4.78 is 12.8. The van der Waals surface area contributed by atoms with Crippen LogP contribution >= 0.6 is 0 Å². The zero-order valence-electron chi connectivity index (χ0n) is 10.4. The van der Waals surface area contributed by atoms with Crippen LogP contribution in [0.15, 0.2) is 11.1 Å². The van der Waals surface area contributed by atoms with Crippen LogP contribution in [0.3, 0.4) is 0 Å². The van der Waals surface area contributed by atoms with E-state index in [1.54, 1.807) is 0 Å². The molecule has 15 heavy (non-hydrogen) atoms. The Hall–Kier alpha value is 0.0465. The van der Waals surface area contributed by atoms with E-state index in [1.807, 2.05) is 6.92 Å². The zero-order chi connectivity index (χ0) is 11.6. The average Bonchev–Trinajstić information content (AvgIpc) is 2.15. The van der Waals surface area contributed by atoms with E-state index in [4.69, 9.17) is 0 Å². The molecular weight excluding hydrogens is 231 g/mol. The van der Waals surface area contributed by atoms with Gasteiger partial charge in [0.15, 0.2) is 0 Å². The van der Waals surface area contributed by atoms with Gasteiger partial charge in [-0.3, -0.25) is 0 Å². The second-order valence-electron chi connectivity index (χ2n) is 5.66. The Bertz CT molecular complexity index is 254. The molecular formula is C13H24CoO. The van der Waals surface area contributed by atoms with Gasteiger partial charge >= 0.3 is 98.1 Å². The maximum absolute atomic E-state index is 11.9. The Morgan fingerprint density at radius 3 is 2.00 bits per heavy atom. The molecule has 91 valence electrons. The van der Waals surface area contributed by atoms with Crippen LogP contribution < -0.4 is 0 Å². The molecule has 0 spiro atoms. The fraction of sp³-hybridized carbons (Fsp3) is 0.846. The van der Waals surface area contributed by atoms with Crippen LogP contribution in [0, 0.1) is 11.3 Å². The maximum atomic E-state index is 11.9. The summed E-state index contributed by atoms with van der Waals surface area (Å²) in [6.45, 7) is 12.7. The van der Waals surface area contributed by atoms with Crippen molar-refractivity contribution in [3.05, 3.63) is 11.1 Å². The van der Waals surface area contributed by atoms with E-state index in [0.29, 0.717) is 10.3 Å². The van der Waals surface area contributed by atoms with Gasteiger partial charge in [0.2, 0.25) is 0 Å². The molecule has 0 unspecified atom stereocenters. The van der Waals surface area contributed by atoms with Crippen LogP contribution in [0.25, 0.3) is 0 Å². The average molecular weight is 255 g/mol. The number of rotatable bonds is 2. The van der Waals surface area contributed by atoms with Gasteiger partial charge in [0.25, 0.3) is 0 Å². The molecule has 1 rings (SSSR count). The summed E-state index contributed by atoms with van der Waals surface area (Å²) >= 11 is -1.13. The molecule has 0 atom stereocenters. The van der Waals surface area contributed by atoms with Gasteiger partial charge in [-0.05, 0) is 0 Å². The van der Waals surface area contributed by atoms with Crippen molar-refractivity contribution < 1.29 is 17.5 Å². The van der Waals surface area contributed by atoms with Crippen molar-refractivity contribution in [1.82, 2.24) is 0 Å². The Labute approximate surface area is 98.3 Å². The summed E-state index contributed by atoms with van der Waals surface area (Å²) in [5, 5.41) is 0. The van der Waals surface area contributed by atoms with E-state index in [2.05, 4.69) is 27.4 Å². The standard InChI is InChI=1S/C10H19.C3H5.Co.O/c1-10(2,3)9-7-5-4-6-8-9;1-3-2;;/h4,9H,5-8H2,1-3H3;1H2,2H3;;. The summed E-state index contributed by atoms with van der Waals surface area (Å²) in [6.07, 6.45) is 4.73. The van der Waals surface area contributed by atoms with E-state index in [1.165, 1.54) is 12.8 Å². The van der Waals surface area contributed by atoms with Gasteiger partial charge in [0.1, 0.15) is 0 Å². The van der Waals surface area contributed by atoms with Crippen molar-refractivity contribution in [2.45, 2.75) is 58.2 Å². The Morgan fingerprint density at radius 2 is 1.67 bits per heavy atom. The molecule has 2 heteroatoms. The molecule has 0 aromatic rings. The third-order valence-electron chi connectivity index (χ3n) is 3.38. The summed E-state index contributed by atoms with van der Waals surface area (Å²) in [7, 11) is 0. The molecule has 1 saturated carbocycles. The van der Waals surface area contributed by atoms with E-state index < -0.39 is 13.6 Å². The molecule has 0 amide bonds. The van der Waals surface area contributed by atoms with Crippen LogP contribution in [0.5, 0.6) is 0 Å². The summed E-state index contributed by atoms with van der Waals surface area (Å²) in [5.74, 6) is 0.807. The van der Waals surface area contributed by atoms with E-state index in [0.717, 1.165) is 23.3 Å². The Morgan fingerprint density at radius 1 is 1.20 bits per heavy atom. The van der Waals surface area contributed by atoms with E-state index in [-0.39, 0.29) is 0 Å². The molecule has 1 aliphatic carbocycles. The van der Waals surface area contributed by atoms with Crippen LogP contribution in [0.4, 0.5) is 0 Å². The van der Waals surface area contributed by atoms with Crippen LogP contribution in [-0.2, 0) is 17.5 Å². The normalized spacial score (nSPS) is 28.7. The van der Waals surface area contributed by atoms with Crippen molar-refractivity contribution in [1.29, 1.82) is 0 Å². The number of allylic oxidation sites excluding steroid dienone is 1. The number of hydrogen-bond acceptors (Lipinski definition) is 1. The monoisotopic (exact) mass is 255 g/mol. The summed E-state index contributed by atoms with van der Waals surface area (Å²) in [4.78, 5) is 0.411. The molecule has 0 aromatic carbocycles. The summed E-state index contributed by atoms with van der Waals surface area (Å²) in [5.41, 5.74) is 0.416. The van der Waals surface area contributed by atoms with Crippen LogP contribution in [-0.4, -0.2) is 0 Å². The Balaban J connectivity index is 2.50. The van der Waals surface area contributed by atoms with Gasteiger partial charge in [0, 0.05) is 0 Å². The predicted octanol–water partition coefficient (Wildman–Crippen LogP) is 4.51. The molecule has 0 saturated heterocycles. The molecule has 1 aliphatic rings. The molecule has 0 N–H and O–H groups in total. The molecule has 1 nitrogen and oxygen atoms in total. The first-order valence-corrected chi connectivity index (χ1v) is 7.32. The Kier molecular flexibility index (Phi) is 4.30. The van der Waals surface area contributed by atoms with E-state index >= 15 is 0 Å². The van der Waals surface area contributed by atoms with Crippen molar-refractivity contribution in [2.24, 2.45) is 11.3 Å². The number of hydrogen-bond donors (Lipinski definition) is 0. The molecule has 1 fully saturated rings. The third-order valence-corrected chi connectivity index (χ3v) is 5.63. The van der Waals surface area contributed by atoms with Gasteiger partial charge in [-0.15, -0.1) is 0 Å². The van der Waals surface area contributed by atoms with Crippen molar-refractivity contribution in [2.75, 3.05) is 0 Å². The fourth-order valence-corrected chi connectivity index (χ4v) is 3.93. The minimum atomic E-state index is -1.13. The van der Waals surface area contributed by atoms with Gasteiger partial charge in [0.05, 0.1) is 0 Å². The second-order valence-corrected chi connectivity index (χ2v) is 8.16. The topological polar surface area (TPSA) is 17.1 Å². The first-order chi connectivity index (χ1) is 6.82. The zero-order valence-corrected chi connectivity index (χ0v) is 11.5. The first kappa shape index (κ1) is 13.1. The van der Waals surface area contributed by atoms with Gasteiger partial charge in [-0.1, -0.05) is 0 Å². The molecule has 0 aliphatic heterocycles. The summed E-state index contributed by atoms with van der Waals surface area (Å²) in [6, 6.07) is 0. The predicted molar refractivity (Wildman–Crippen MR) is 60.7 cm³/mol. The molecule has 0 aromatic heterocycles. The van der Waals surface area contributed by atoms with Gasteiger partial charge < -0.3 is 0 Å². The van der Waals surface area contributed by atoms with Crippen LogP contribution in [0.2, 0.25) is 4.85 Å². The van der Waals surface area contributed by atoms with E-state index in [9.17, 15) is 3.87 Å². The SMILES string of the molecule is C=[C](C)[Co](=[O])[CH]1CCC(C(C)(C)C)CC1. The third kappa shape index (κ3) is 3.53. The van der Waals surface area contributed by atoms with Gasteiger partial charge in [-0.2, -0.15) is 0 Å². The van der Waals surface area contributed by atoms with Crippen LogP contribution in [0.1, 0.15) is 53.4 Å². The quantitative estimate of drug-likeness (QED) is 0.709. The van der Waals surface area contributed by atoms with Crippen molar-refractivity contribution in [3.8, 4) is 0 Å². The molecule has 0 heterocycles. The molecule has 0 bridgehead atoms. The second kappa shape index (κ2) is 4.92. The van der Waals surface area contributed by atoms with Crippen molar-refractivity contribution in [3.63, 3.8) is 0 Å². The van der Waals surface area contributed by atoms with Crippen molar-refractivity contribution >= 4 is 0 Å². The minimum absolute atomic E-state index is 0.411. The van der Waals surface area contributed by atoms with Gasteiger partial charge in [-0.25, -0.2) is 0 Å².